The molecule has 144 valence electrons. The Morgan fingerprint density at radius 1 is 0.929 bits per heavy atom. The molecule has 4 nitrogen and oxygen atoms in total. The first-order chi connectivity index (χ1) is 13.2. The third-order valence-electron chi connectivity index (χ3n) is 6.28. The normalized spacial score (nSPS) is 21.2. The average Bonchev–Trinajstić information content (AvgIpc) is 3.43. The molecule has 2 aromatic carbocycles. The van der Waals surface area contributed by atoms with E-state index in [0.717, 1.165) is 35.2 Å². The topological polar surface area (TPSA) is 51.5 Å². The van der Waals surface area contributed by atoms with Crippen LogP contribution in [0.15, 0.2) is 48.5 Å². The zero-order chi connectivity index (χ0) is 20.0. The van der Waals surface area contributed by atoms with Crippen molar-refractivity contribution in [2.45, 2.75) is 63.8 Å². The van der Waals surface area contributed by atoms with E-state index in [1.807, 2.05) is 36.4 Å². The number of ether oxygens (including phenoxy) is 1. The fraction of sp³-hybridized carbons (Fsp3) is 0.435. The maximum Gasteiger partial charge on any atom is 0.494 e. The van der Waals surface area contributed by atoms with E-state index in [-0.39, 0.29) is 23.7 Å². The minimum atomic E-state index is -0.360. The van der Waals surface area contributed by atoms with Crippen molar-refractivity contribution in [1.29, 1.82) is 5.26 Å². The number of hydrogen-bond donors (Lipinski definition) is 0. The minimum Gasteiger partial charge on any atom is -0.489 e. The summed E-state index contributed by atoms with van der Waals surface area (Å²) in [6.07, 6.45) is 1.93. The van der Waals surface area contributed by atoms with Gasteiger partial charge in [-0.2, -0.15) is 5.26 Å². The van der Waals surface area contributed by atoms with E-state index in [9.17, 15) is 5.26 Å². The Kier molecular flexibility index (Phi) is 4.52. The SMILES string of the molecule is CC1(C)OB(c2ccc(OCc3ccc(C4(C#N)CC4)cc3)cc2)OC1(C)C. The maximum atomic E-state index is 9.30. The van der Waals surface area contributed by atoms with Gasteiger partial charge in [-0.15, -0.1) is 0 Å². The molecule has 1 aliphatic carbocycles. The van der Waals surface area contributed by atoms with E-state index < -0.39 is 0 Å². The monoisotopic (exact) mass is 375 g/mol. The van der Waals surface area contributed by atoms with Gasteiger partial charge >= 0.3 is 7.12 Å². The number of nitriles is 1. The molecule has 2 fully saturated rings. The Labute approximate surface area is 167 Å². The number of rotatable bonds is 5. The summed E-state index contributed by atoms with van der Waals surface area (Å²) in [5, 5.41) is 9.30. The van der Waals surface area contributed by atoms with Crippen molar-refractivity contribution in [1.82, 2.24) is 0 Å². The maximum absolute atomic E-state index is 9.30. The molecule has 5 heteroatoms. The van der Waals surface area contributed by atoms with Crippen molar-refractivity contribution in [2.75, 3.05) is 0 Å². The minimum absolute atomic E-state index is 0.233. The van der Waals surface area contributed by atoms with E-state index >= 15 is 0 Å². The Hall–Kier alpha value is -2.29. The molecule has 1 saturated carbocycles. The van der Waals surface area contributed by atoms with Gasteiger partial charge < -0.3 is 14.0 Å². The molecule has 0 bridgehead atoms. The average molecular weight is 375 g/mol. The van der Waals surface area contributed by atoms with Gasteiger partial charge in [0, 0.05) is 0 Å². The van der Waals surface area contributed by atoms with Crippen LogP contribution in [0.25, 0.3) is 0 Å². The Balaban J connectivity index is 1.36. The van der Waals surface area contributed by atoms with E-state index in [1.165, 1.54) is 0 Å². The second kappa shape index (κ2) is 6.65. The zero-order valence-electron chi connectivity index (χ0n) is 17.0. The van der Waals surface area contributed by atoms with Crippen LogP contribution in [0.1, 0.15) is 51.7 Å². The van der Waals surface area contributed by atoms with Gasteiger partial charge in [-0.05, 0) is 69.3 Å². The van der Waals surface area contributed by atoms with Gasteiger partial charge in [0.05, 0.1) is 22.7 Å². The van der Waals surface area contributed by atoms with Crippen molar-refractivity contribution in [3.05, 3.63) is 59.7 Å². The molecule has 1 saturated heterocycles. The number of hydrogen-bond acceptors (Lipinski definition) is 4. The highest BCUT2D eigenvalue weighted by Gasteiger charge is 2.51. The molecular formula is C23H26BNO3. The zero-order valence-corrected chi connectivity index (χ0v) is 17.0. The van der Waals surface area contributed by atoms with Crippen LogP contribution in [0.3, 0.4) is 0 Å². The lowest BCUT2D eigenvalue weighted by Crippen LogP contribution is -2.41. The predicted molar refractivity (Wildman–Crippen MR) is 109 cm³/mol. The fourth-order valence-corrected chi connectivity index (χ4v) is 3.38. The van der Waals surface area contributed by atoms with Crippen molar-refractivity contribution < 1.29 is 14.0 Å². The van der Waals surface area contributed by atoms with Gasteiger partial charge in [-0.25, -0.2) is 0 Å². The molecule has 0 amide bonds. The standard InChI is InChI=1S/C23H26BNO3/c1-21(2)22(3,4)28-24(27-21)19-9-11-20(12-10-19)26-15-17-5-7-18(8-6-17)23(16-25)13-14-23/h5-12H,13-15H2,1-4H3. The Morgan fingerprint density at radius 2 is 1.50 bits per heavy atom. The van der Waals surface area contributed by atoms with E-state index in [4.69, 9.17) is 14.0 Å². The summed E-state index contributed by atoms with van der Waals surface area (Å²) >= 11 is 0. The summed E-state index contributed by atoms with van der Waals surface area (Å²) < 4.78 is 18.1. The second-order valence-corrected chi connectivity index (χ2v) is 8.84. The summed E-state index contributed by atoms with van der Waals surface area (Å²) in [5.74, 6) is 0.806. The first-order valence-corrected chi connectivity index (χ1v) is 9.84. The lowest BCUT2D eigenvalue weighted by atomic mass is 9.79. The highest BCUT2D eigenvalue weighted by atomic mass is 16.7. The van der Waals surface area contributed by atoms with Crippen molar-refractivity contribution in [3.8, 4) is 11.8 Å². The van der Waals surface area contributed by atoms with Crippen LogP contribution >= 0.6 is 0 Å². The van der Waals surface area contributed by atoms with Crippen LogP contribution in [-0.4, -0.2) is 18.3 Å². The van der Waals surface area contributed by atoms with Gasteiger partial charge in [0.15, 0.2) is 0 Å². The molecule has 2 aliphatic rings. The molecule has 0 aromatic heterocycles. The summed E-state index contributed by atoms with van der Waals surface area (Å²) in [7, 11) is -0.360. The molecule has 4 rings (SSSR count). The van der Waals surface area contributed by atoms with Gasteiger partial charge in [-0.1, -0.05) is 36.4 Å². The van der Waals surface area contributed by atoms with Crippen LogP contribution < -0.4 is 10.2 Å². The van der Waals surface area contributed by atoms with Crippen molar-refractivity contribution in [2.24, 2.45) is 0 Å². The number of nitrogens with zero attached hydrogens (tertiary/aromatic N) is 1. The molecule has 0 spiro atoms. The predicted octanol–water partition coefficient (Wildman–Crippen LogP) is 4.12. The van der Waals surface area contributed by atoms with Crippen LogP contribution in [-0.2, 0) is 21.3 Å². The summed E-state index contributed by atoms with van der Waals surface area (Å²) in [4.78, 5) is 0. The summed E-state index contributed by atoms with van der Waals surface area (Å²) in [6.45, 7) is 8.71. The quantitative estimate of drug-likeness (QED) is 0.738. The van der Waals surface area contributed by atoms with E-state index in [1.54, 1.807) is 0 Å². The van der Waals surface area contributed by atoms with Crippen LogP contribution in [0, 0.1) is 11.3 Å². The first-order valence-electron chi connectivity index (χ1n) is 9.84. The van der Waals surface area contributed by atoms with Gasteiger partial charge in [-0.3, -0.25) is 0 Å². The highest BCUT2D eigenvalue weighted by Crippen LogP contribution is 2.47. The fourth-order valence-electron chi connectivity index (χ4n) is 3.38. The van der Waals surface area contributed by atoms with Gasteiger partial charge in [0.25, 0.3) is 0 Å². The second-order valence-electron chi connectivity index (χ2n) is 8.84. The van der Waals surface area contributed by atoms with Gasteiger partial charge in [0.2, 0.25) is 0 Å². The molecule has 2 aromatic rings. The largest absolute Gasteiger partial charge is 0.494 e. The lowest BCUT2D eigenvalue weighted by molar-refractivity contribution is 0.00578. The molecule has 0 radical (unpaired) electrons. The van der Waals surface area contributed by atoms with Crippen LogP contribution in [0.4, 0.5) is 0 Å². The van der Waals surface area contributed by atoms with Crippen LogP contribution in [0.2, 0.25) is 0 Å². The first kappa shape index (κ1) is 19.0. The van der Waals surface area contributed by atoms with Gasteiger partial charge in [0.1, 0.15) is 12.4 Å². The van der Waals surface area contributed by atoms with Crippen LogP contribution in [0.5, 0.6) is 5.75 Å². The molecular weight excluding hydrogens is 349 g/mol. The molecule has 0 atom stereocenters. The summed E-state index contributed by atoms with van der Waals surface area (Å²) in [6, 6.07) is 18.5. The summed E-state index contributed by atoms with van der Waals surface area (Å²) in [5.41, 5.74) is 2.27. The van der Waals surface area contributed by atoms with Crippen molar-refractivity contribution >= 4 is 12.6 Å². The molecule has 1 aliphatic heterocycles. The third-order valence-corrected chi connectivity index (χ3v) is 6.28. The molecule has 0 N–H and O–H groups in total. The molecule has 28 heavy (non-hydrogen) atoms. The Bertz CT molecular complexity index is 877. The molecule has 1 heterocycles. The smallest absolute Gasteiger partial charge is 0.489 e. The van der Waals surface area contributed by atoms with Crippen molar-refractivity contribution in [3.63, 3.8) is 0 Å². The lowest BCUT2D eigenvalue weighted by Gasteiger charge is -2.32. The third kappa shape index (κ3) is 3.43. The van der Waals surface area contributed by atoms with E-state index in [0.29, 0.717) is 6.61 Å². The highest BCUT2D eigenvalue weighted by molar-refractivity contribution is 6.62. The number of benzene rings is 2. The Morgan fingerprint density at radius 3 is 2.00 bits per heavy atom. The van der Waals surface area contributed by atoms with E-state index in [2.05, 4.69) is 45.9 Å². The molecule has 0 unspecified atom stereocenters.